The van der Waals surface area contributed by atoms with Gasteiger partial charge in [0.05, 0.1) is 10.2 Å². The maximum absolute atomic E-state index is 13.0. The second-order valence-electron chi connectivity index (χ2n) is 8.04. The van der Waals surface area contributed by atoms with Crippen LogP contribution in [0.15, 0.2) is 18.2 Å². The van der Waals surface area contributed by atoms with Gasteiger partial charge in [0, 0.05) is 0 Å². The van der Waals surface area contributed by atoms with E-state index in [2.05, 4.69) is 15.6 Å². The fourth-order valence-corrected chi connectivity index (χ4v) is 5.07. The summed E-state index contributed by atoms with van der Waals surface area (Å²) in [6, 6.07) is 3.66. The van der Waals surface area contributed by atoms with Gasteiger partial charge in [-0.05, 0) is 37.0 Å². The third-order valence-corrected chi connectivity index (χ3v) is 6.75. The number of amides is 4. The van der Waals surface area contributed by atoms with Gasteiger partial charge in [-0.15, -0.1) is 0 Å². The van der Waals surface area contributed by atoms with Gasteiger partial charge in [-0.1, -0.05) is 31.1 Å². The second-order valence-corrected chi connectivity index (χ2v) is 9.07. The fourth-order valence-electron chi connectivity index (χ4n) is 4.15. The summed E-state index contributed by atoms with van der Waals surface area (Å²) in [7, 11) is 0. The number of imide groups is 1. The lowest BCUT2D eigenvalue weighted by molar-refractivity contribution is -0.153. The molecule has 1 aromatic heterocycles. The molecule has 1 spiro atoms. The van der Waals surface area contributed by atoms with Crippen molar-refractivity contribution in [1.82, 2.24) is 15.2 Å². The first-order valence-corrected chi connectivity index (χ1v) is 10.9. The summed E-state index contributed by atoms with van der Waals surface area (Å²) in [6.07, 6.45) is -1.25. The van der Waals surface area contributed by atoms with E-state index in [-0.39, 0.29) is 22.7 Å². The number of ether oxygens (including phenoxy) is 1. The van der Waals surface area contributed by atoms with Gasteiger partial charge in [-0.25, -0.2) is 9.78 Å². The van der Waals surface area contributed by atoms with E-state index in [1.165, 1.54) is 18.2 Å². The van der Waals surface area contributed by atoms with Crippen LogP contribution in [0.3, 0.4) is 0 Å². The molecule has 2 N–H and O–H groups in total. The standard InChI is InChI=1S/C20H21F3N4O4S/c1-11-4-2-3-7-19(11)16(29)27(18(30)26-19)9-15(28)25-17-24-13-6-5-12(8-14(13)32-17)31-10-20(21,22)23/h5-6,8,11H,2-4,7,9-10H2,1H3,(H,26,30)(H,24,25,28). The molecule has 2 aliphatic rings. The van der Waals surface area contributed by atoms with Crippen LogP contribution in [0.4, 0.5) is 23.1 Å². The average Bonchev–Trinajstić information content (AvgIpc) is 3.21. The number of thiazole rings is 1. The van der Waals surface area contributed by atoms with E-state index >= 15 is 0 Å². The Kier molecular flexibility index (Phi) is 5.74. The van der Waals surface area contributed by atoms with Gasteiger partial charge in [-0.2, -0.15) is 13.2 Å². The molecule has 1 saturated heterocycles. The number of hydrogen-bond donors (Lipinski definition) is 2. The van der Waals surface area contributed by atoms with Crippen molar-refractivity contribution >= 4 is 44.5 Å². The minimum absolute atomic E-state index is 0.0150. The molecule has 2 aromatic rings. The lowest BCUT2D eigenvalue weighted by atomic mass is 9.73. The molecule has 0 bridgehead atoms. The number of fused-ring (bicyclic) bond motifs is 1. The minimum atomic E-state index is -4.45. The van der Waals surface area contributed by atoms with Gasteiger partial charge in [0.2, 0.25) is 5.91 Å². The number of anilines is 1. The van der Waals surface area contributed by atoms with Crippen LogP contribution >= 0.6 is 11.3 Å². The molecule has 2 fully saturated rings. The quantitative estimate of drug-likeness (QED) is 0.650. The van der Waals surface area contributed by atoms with Crippen LogP contribution in [0.2, 0.25) is 0 Å². The van der Waals surface area contributed by atoms with Crippen LogP contribution in [0, 0.1) is 5.92 Å². The maximum atomic E-state index is 13.0. The number of urea groups is 1. The summed E-state index contributed by atoms with van der Waals surface area (Å²) >= 11 is 1.05. The van der Waals surface area contributed by atoms with Crippen LogP contribution in [0.5, 0.6) is 5.75 Å². The minimum Gasteiger partial charge on any atom is -0.484 e. The summed E-state index contributed by atoms with van der Waals surface area (Å²) in [5.74, 6) is -0.969. The Morgan fingerprint density at radius 1 is 1.38 bits per heavy atom. The van der Waals surface area contributed by atoms with E-state index in [9.17, 15) is 27.6 Å². The van der Waals surface area contributed by atoms with Gasteiger partial charge in [0.15, 0.2) is 11.7 Å². The van der Waals surface area contributed by atoms with Gasteiger partial charge < -0.3 is 15.4 Å². The lowest BCUT2D eigenvalue weighted by Crippen LogP contribution is -2.54. The second kappa shape index (κ2) is 8.23. The Morgan fingerprint density at radius 2 is 2.16 bits per heavy atom. The summed E-state index contributed by atoms with van der Waals surface area (Å²) in [5.41, 5.74) is -0.479. The highest BCUT2D eigenvalue weighted by Crippen LogP contribution is 2.38. The number of hydrogen-bond acceptors (Lipinski definition) is 6. The molecule has 8 nitrogen and oxygen atoms in total. The first-order valence-electron chi connectivity index (χ1n) is 10.1. The molecule has 4 rings (SSSR count). The van der Waals surface area contributed by atoms with Crippen molar-refractivity contribution in [2.45, 2.75) is 44.3 Å². The molecule has 1 saturated carbocycles. The van der Waals surface area contributed by atoms with E-state index in [0.717, 1.165) is 35.5 Å². The first kappa shape index (κ1) is 22.3. The van der Waals surface area contributed by atoms with Crippen molar-refractivity contribution in [3.63, 3.8) is 0 Å². The predicted molar refractivity (Wildman–Crippen MR) is 110 cm³/mol. The third-order valence-electron chi connectivity index (χ3n) is 5.81. The number of halogens is 3. The molecule has 12 heteroatoms. The largest absolute Gasteiger partial charge is 0.484 e. The molecule has 2 unspecified atom stereocenters. The molecule has 1 aromatic carbocycles. The summed E-state index contributed by atoms with van der Waals surface area (Å²) in [4.78, 5) is 43.0. The van der Waals surface area contributed by atoms with E-state index in [4.69, 9.17) is 4.74 Å². The number of benzene rings is 1. The highest BCUT2D eigenvalue weighted by atomic mass is 32.1. The number of nitrogens with one attached hydrogen (secondary N) is 2. The molecule has 172 valence electrons. The zero-order chi connectivity index (χ0) is 23.1. The van der Waals surface area contributed by atoms with E-state index in [0.29, 0.717) is 16.6 Å². The van der Waals surface area contributed by atoms with Gasteiger partial charge in [-0.3, -0.25) is 14.5 Å². The maximum Gasteiger partial charge on any atom is 0.422 e. The highest BCUT2D eigenvalue weighted by molar-refractivity contribution is 7.22. The Morgan fingerprint density at radius 3 is 2.88 bits per heavy atom. The number of nitrogens with zero attached hydrogens (tertiary/aromatic N) is 2. The molecule has 0 radical (unpaired) electrons. The number of rotatable bonds is 5. The fraction of sp³-hybridized carbons (Fsp3) is 0.500. The molecular formula is C20H21F3N4O4S. The number of aromatic nitrogens is 1. The Hall–Kier alpha value is -2.89. The van der Waals surface area contributed by atoms with Crippen molar-refractivity contribution in [3.05, 3.63) is 18.2 Å². The number of carbonyl (C=O) groups excluding carboxylic acids is 3. The van der Waals surface area contributed by atoms with Crippen molar-refractivity contribution in [2.24, 2.45) is 5.92 Å². The zero-order valence-electron chi connectivity index (χ0n) is 17.1. The predicted octanol–water partition coefficient (Wildman–Crippen LogP) is 3.68. The Bertz CT molecular complexity index is 1070. The van der Waals surface area contributed by atoms with Gasteiger partial charge >= 0.3 is 12.2 Å². The molecule has 1 aliphatic heterocycles. The normalized spacial score (nSPS) is 23.6. The molecule has 2 heterocycles. The Balaban J connectivity index is 1.41. The van der Waals surface area contributed by atoms with Crippen LogP contribution in [0.1, 0.15) is 32.6 Å². The summed E-state index contributed by atoms with van der Waals surface area (Å²) in [6.45, 7) is 0.0661. The smallest absolute Gasteiger partial charge is 0.422 e. The van der Waals surface area contributed by atoms with Crippen LogP contribution in [-0.2, 0) is 9.59 Å². The molecule has 32 heavy (non-hydrogen) atoms. The average molecular weight is 470 g/mol. The SMILES string of the molecule is CC1CCCCC12NC(=O)N(CC(=O)Nc1nc3ccc(OCC(F)(F)F)cc3s1)C2=O. The van der Waals surface area contributed by atoms with Gasteiger partial charge in [0.25, 0.3) is 5.91 Å². The third kappa shape index (κ3) is 4.36. The van der Waals surface area contributed by atoms with E-state index in [1.807, 2.05) is 6.92 Å². The highest BCUT2D eigenvalue weighted by Gasteiger charge is 2.55. The van der Waals surface area contributed by atoms with Crippen LogP contribution < -0.4 is 15.4 Å². The number of alkyl halides is 3. The monoisotopic (exact) mass is 470 g/mol. The first-order chi connectivity index (χ1) is 15.1. The number of carbonyl (C=O) groups is 3. The zero-order valence-corrected chi connectivity index (χ0v) is 17.9. The molecular weight excluding hydrogens is 449 g/mol. The molecule has 1 aliphatic carbocycles. The summed E-state index contributed by atoms with van der Waals surface area (Å²) in [5, 5.41) is 5.54. The lowest BCUT2D eigenvalue weighted by Gasteiger charge is -2.36. The summed E-state index contributed by atoms with van der Waals surface area (Å²) < 4.78 is 42.2. The topological polar surface area (TPSA) is 101 Å². The van der Waals surface area contributed by atoms with Gasteiger partial charge in [0.1, 0.15) is 17.8 Å². The molecule has 2 atom stereocenters. The molecule has 4 amide bonds. The van der Waals surface area contributed by atoms with Crippen molar-refractivity contribution in [1.29, 1.82) is 0 Å². The van der Waals surface area contributed by atoms with E-state index in [1.54, 1.807) is 0 Å². The Labute approximate surface area is 185 Å². The van der Waals surface area contributed by atoms with Crippen molar-refractivity contribution in [3.8, 4) is 5.75 Å². The van der Waals surface area contributed by atoms with Crippen molar-refractivity contribution < 1.29 is 32.3 Å². The van der Waals surface area contributed by atoms with Crippen LogP contribution in [-0.4, -0.2) is 52.6 Å². The van der Waals surface area contributed by atoms with E-state index < -0.39 is 36.8 Å². The van der Waals surface area contributed by atoms with Crippen molar-refractivity contribution in [2.75, 3.05) is 18.5 Å². The van der Waals surface area contributed by atoms with Crippen LogP contribution in [0.25, 0.3) is 10.2 Å².